The standard InChI is InChI=1S/C16H23NO2/c1-11-6-7-13-12(2)9-16(3,4)17(14(13)8-11)10-15(18)19-5/h6-8,12H,9-10H2,1-5H3/t12-/m0/s1. The van der Waals surface area contributed by atoms with Crippen LogP contribution in [0.15, 0.2) is 18.2 Å². The summed E-state index contributed by atoms with van der Waals surface area (Å²) < 4.78 is 4.84. The summed E-state index contributed by atoms with van der Waals surface area (Å²) in [5, 5.41) is 0. The fourth-order valence-electron chi connectivity index (χ4n) is 3.09. The van der Waals surface area contributed by atoms with Crippen LogP contribution in [0.25, 0.3) is 0 Å². The van der Waals surface area contributed by atoms with Gasteiger partial charge in [0.2, 0.25) is 0 Å². The summed E-state index contributed by atoms with van der Waals surface area (Å²) in [4.78, 5) is 13.9. The number of anilines is 1. The second-order valence-corrected chi connectivity index (χ2v) is 6.14. The van der Waals surface area contributed by atoms with Crippen molar-refractivity contribution in [3.63, 3.8) is 0 Å². The van der Waals surface area contributed by atoms with Gasteiger partial charge in [0.15, 0.2) is 0 Å². The van der Waals surface area contributed by atoms with Crippen LogP contribution in [0.4, 0.5) is 5.69 Å². The van der Waals surface area contributed by atoms with E-state index in [9.17, 15) is 4.79 Å². The Kier molecular flexibility index (Phi) is 3.57. The highest BCUT2D eigenvalue weighted by atomic mass is 16.5. The SMILES string of the molecule is COC(=O)CN1c2cc(C)ccc2[C@@H](C)CC1(C)C. The van der Waals surface area contributed by atoms with Gasteiger partial charge in [-0.3, -0.25) is 4.79 Å². The second kappa shape index (κ2) is 4.87. The topological polar surface area (TPSA) is 29.5 Å². The number of carbonyl (C=O) groups is 1. The minimum atomic E-state index is -0.185. The van der Waals surface area contributed by atoms with Gasteiger partial charge in [0, 0.05) is 11.2 Å². The van der Waals surface area contributed by atoms with Crippen molar-refractivity contribution in [1.82, 2.24) is 0 Å². The monoisotopic (exact) mass is 261 g/mol. The number of benzene rings is 1. The van der Waals surface area contributed by atoms with E-state index < -0.39 is 0 Å². The highest BCUT2D eigenvalue weighted by Crippen LogP contribution is 2.43. The third-order valence-electron chi connectivity index (χ3n) is 4.06. The van der Waals surface area contributed by atoms with Crippen molar-refractivity contribution in [3.05, 3.63) is 29.3 Å². The summed E-state index contributed by atoms with van der Waals surface area (Å²) in [6, 6.07) is 6.51. The van der Waals surface area contributed by atoms with Gasteiger partial charge in [0.25, 0.3) is 0 Å². The molecule has 0 saturated heterocycles. The van der Waals surface area contributed by atoms with Crippen LogP contribution in [0.5, 0.6) is 0 Å². The number of fused-ring (bicyclic) bond motifs is 1. The summed E-state index contributed by atoms with van der Waals surface area (Å²) in [7, 11) is 1.44. The minimum absolute atomic E-state index is 0.0333. The van der Waals surface area contributed by atoms with Gasteiger partial charge < -0.3 is 9.64 Å². The molecule has 1 aliphatic heterocycles. The largest absolute Gasteiger partial charge is 0.468 e. The van der Waals surface area contributed by atoms with Crippen LogP contribution in [0.3, 0.4) is 0 Å². The average Bonchev–Trinajstić information content (AvgIpc) is 2.33. The molecule has 0 aliphatic carbocycles. The molecule has 0 amide bonds. The number of ether oxygens (including phenoxy) is 1. The predicted molar refractivity (Wildman–Crippen MR) is 77.7 cm³/mol. The fraction of sp³-hybridized carbons (Fsp3) is 0.562. The van der Waals surface area contributed by atoms with Gasteiger partial charge in [0.1, 0.15) is 6.54 Å². The summed E-state index contributed by atoms with van der Waals surface area (Å²) in [6.45, 7) is 9.04. The molecule has 1 aliphatic rings. The number of aryl methyl sites for hydroxylation is 1. The number of esters is 1. The molecule has 0 aromatic heterocycles. The number of hydrogen-bond acceptors (Lipinski definition) is 3. The molecule has 1 aromatic carbocycles. The number of methoxy groups -OCH3 is 1. The van der Waals surface area contributed by atoms with Crippen LogP contribution in [-0.2, 0) is 9.53 Å². The van der Waals surface area contributed by atoms with Crippen LogP contribution in [0.2, 0.25) is 0 Å². The number of carbonyl (C=O) groups excluding carboxylic acids is 1. The first-order valence-electron chi connectivity index (χ1n) is 6.80. The van der Waals surface area contributed by atoms with Crippen LogP contribution in [-0.4, -0.2) is 25.2 Å². The summed E-state index contributed by atoms with van der Waals surface area (Å²) in [5.41, 5.74) is 3.69. The normalized spacial score (nSPS) is 20.9. The van der Waals surface area contributed by atoms with Crippen molar-refractivity contribution < 1.29 is 9.53 Å². The first-order valence-corrected chi connectivity index (χ1v) is 6.80. The Labute approximate surface area is 115 Å². The lowest BCUT2D eigenvalue weighted by atomic mass is 9.80. The van der Waals surface area contributed by atoms with E-state index in [-0.39, 0.29) is 11.5 Å². The molecule has 0 N–H and O–H groups in total. The number of nitrogens with zero attached hydrogens (tertiary/aromatic N) is 1. The molecule has 104 valence electrons. The number of hydrogen-bond donors (Lipinski definition) is 0. The third kappa shape index (κ3) is 2.60. The Hall–Kier alpha value is -1.51. The van der Waals surface area contributed by atoms with Gasteiger partial charge in [0.05, 0.1) is 7.11 Å². The first kappa shape index (κ1) is 13.9. The van der Waals surface area contributed by atoms with E-state index >= 15 is 0 Å². The van der Waals surface area contributed by atoms with Gasteiger partial charge in [-0.2, -0.15) is 0 Å². The molecule has 0 fully saturated rings. The van der Waals surface area contributed by atoms with Crippen LogP contribution >= 0.6 is 0 Å². The zero-order valence-electron chi connectivity index (χ0n) is 12.5. The quantitative estimate of drug-likeness (QED) is 0.765. The smallest absolute Gasteiger partial charge is 0.325 e. The van der Waals surface area contributed by atoms with Gasteiger partial charge in [-0.25, -0.2) is 0 Å². The molecule has 0 unspecified atom stereocenters. The van der Waals surface area contributed by atoms with Gasteiger partial charge in [-0.15, -0.1) is 0 Å². The molecule has 1 aromatic rings. The highest BCUT2D eigenvalue weighted by molar-refractivity contribution is 5.77. The third-order valence-corrected chi connectivity index (χ3v) is 4.06. The van der Waals surface area contributed by atoms with Crippen LogP contribution in [0.1, 0.15) is 44.2 Å². The molecule has 2 rings (SSSR count). The number of rotatable bonds is 2. The lowest BCUT2D eigenvalue weighted by molar-refractivity contribution is -0.139. The maximum absolute atomic E-state index is 11.7. The van der Waals surface area contributed by atoms with Crippen molar-refractivity contribution in [3.8, 4) is 0 Å². The molecule has 0 saturated carbocycles. The van der Waals surface area contributed by atoms with Crippen molar-refractivity contribution in [1.29, 1.82) is 0 Å². The van der Waals surface area contributed by atoms with E-state index in [0.29, 0.717) is 12.5 Å². The van der Waals surface area contributed by atoms with E-state index in [1.165, 1.54) is 23.9 Å². The lowest BCUT2D eigenvalue weighted by Crippen LogP contribution is -2.50. The molecule has 0 spiro atoms. The molecular formula is C16H23NO2. The van der Waals surface area contributed by atoms with E-state index in [4.69, 9.17) is 4.74 Å². The Balaban J connectivity index is 2.47. The molecule has 19 heavy (non-hydrogen) atoms. The molecule has 3 heteroatoms. The lowest BCUT2D eigenvalue weighted by Gasteiger charge is -2.47. The molecule has 0 radical (unpaired) electrons. The van der Waals surface area contributed by atoms with Crippen molar-refractivity contribution in [2.75, 3.05) is 18.6 Å². The van der Waals surface area contributed by atoms with E-state index in [1.807, 2.05) is 0 Å². The highest BCUT2D eigenvalue weighted by Gasteiger charge is 2.37. The summed E-state index contributed by atoms with van der Waals surface area (Å²) in [5.74, 6) is 0.328. The average molecular weight is 261 g/mol. The van der Waals surface area contributed by atoms with Crippen molar-refractivity contribution >= 4 is 11.7 Å². The van der Waals surface area contributed by atoms with E-state index in [0.717, 1.165) is 6.42 Å². The Morgan fingerprint density at radius 3 is 2.79 bits per heavy atom. The maximum atomic E-state index is 11.7. The van der Waals surface area contributed by atoms with Gasteiger partial charge >= 0.3 is 5.97 Å². The first-order chi connectivity index (χ1) is 8.85. The van der Waals surface area contributed by atoms with E-state index in [2.05, 4.69) is 50.8 Å². The Morgan fingerprint density at radius 1 is 1.47 bits per heavy atom. The van der Waals surface area contributed by atoms with Gasteiger partial charge in [-0.05, 0) is 50.3 Å². The van der Waals surface area contributed by atoms with Crippen LogP contribution in [0, 0.1) is 6.92 Å². The van der Waals surface area contributed by atoms with Gasteiger partial charge in [-0.1, -0.05) is 19.1 Å². The molecular weight excluding hydrogens is 238 g/mol. The summed E-state index contributed by atoms with van der Waals surface area (Å²) >= 11 is 0. The predicted octanol–water partition coefficient (Wildman–Crippen LogP) is 3.26. The maximum Gasteiger partial charge on any atom is 0.325 e. The van der Waals surface area contributed by atoms with Crippen molar-refractivity contribution in [2.24, 2.45) is 0 Å². The zero-order chi connectivity index (χ0) is 14.2. The molecule has 1 atom stereocenters. The van der Waals surface area contributed by atoms with Crippen molar-refractivity contribution in [2.45, 2.75) is 45.6 Å². The Bertz CT molecular complexity index is 494. The zero-order valence-corrected chi connectivity index (χ0v) is 12.5. The molecule has 1 heterocycles. The summed E-state index contributed by atoms with van der Waals surface area (Å²) in [6.07, 6.45) is 1.04. The molecule has 0 bridgehead atoms. The van der Waals surface area contributed by atoms with Crippen LogP contribution < -0.4 is 4.90 Å². The second-order valence-electron chi connectivity index (χ2n) is 6.14. The fourth-order valence-corrected chi connectivity index (χ4v) is 3.09. The minimum Gasteiger partial charge on any atom is -0.468 e. The molecule has 3 nitrogen and oxygen atoms in total. The van der Waals surface area contributed by atoms with E-state index in [1.54, 1.807) is 0 Å². The Morgan fingerprint density at radius 2 is 2.16 bits per heavy atom.